The van der Waals surface area contributed by atoms with Crippen molar-refractivity contribution in [2.75, 3.05) is 0 Å². The number of halogens is 1. The van der Waals surface area contributed by atoms with Crippen molar-refractivity contribution in [3.8, 4) is 17.2 Å². The van der Waals surface area contributed by atoms with Gasteiger partial charge >= 0.3 is 0 Å². The molecule has 1 aromatic heterocycles. The summed E-state index contributed by atoms with van der Waals surface area (Å²) in [4.78, 5) is 0. The van der Waals surface area contributed by atoms with Gasteiger partial charge in [0.15, 0.2) is 0 Å². The zero-order valence-corrected chi connectivity index (χ0v) is 9.82. The highest BCUT2D eigenvalue weighted by Gasteiger charge is 2.09. The van der Waals surface area contributed by atoms with Gasteiger partial charge < -0.3 is 4.57 Å². The van der Waals surface area contributed by atoms with Gasteiger partial charge in [-0.3, -0.25) is 0 Å². The molecule has 3 heteroatoms. The van der Waals surface area contributed by atoms with Gasteiger partial charge in [0.2, 0.25) is 0 Å². The molecular weight excluding hydrogens is 252 g/mol. The van der Waals surface area contributed by atoms with Crippen LogP contribution in [0.15, 0.2) is 41.1 Å². The van der Waals surface area contributed by atoms with Gasteiger partial charge in [-0.15, -0.1) is 0 Å². The van der Waals surface area contributed by atoms with Gasteiger partial charge in [-0.2, -0.15) is 5.26 Å². The number of nitrogens with zero attached hydrogens (tertiary/aromatic N) is 2. The van der Waals surface area contributed by atoms with E-state index in [1.54, 1.807) is 0 Å². The van der Waals surface area contributed by atoms with Gasteiger partial charge in [0.05, 0.1) is 5.56 Å². The van der Waals surface area contributed by atoms with E-state index < -0.39 is 0 Å². The Hall–Kier alpha value is -1.53. The first kappa shape index (κ1) is 10.0. The number of nitriles is 1. The molecule has 0 N–H and O–H groups in total. The zero-order valence-electron chi connectivity index (χ0n) is 8.24. The van der Waals surface area contributed by atoms with Gasteiger partial charge in [0.25, 0.3) is 0 Å². The molecule has 0 bridgehead atoms. The standard InChI is InChI=1S/C12H9BrN2/c1-15-7-9(6-14)11(8-15)10-4-2-3-5-12(10)13/h2-5,7-8H,1H3. The Labute approximate surface area is 96.9 Å². The summed E-state index contributed by atoms with van der Waals surface area (Å²) in [5, 5.41) is 9.01. The second kappa shape index (κ2) is 3.92. The van der Waals surface area contributed by atoms with Crippen molar-refractivity contribution in [1.29, 1.82) is 5.26 Å². The lowest BCUT2D eigenvalue weighted by Gasteiger charge is -2.01. The maximum absolute atomic E-state index is 9.01. The maximum atomic E-state index is 9.01. The molecule has 74 valence electrons. The van der Waals surface area contributed by atoms with Crippen LogP contribution in [0.2, 0.25) is 0 Å². The molecule has 2 nitrogen and oxygen atoms in total. The van der Waals surface area contributed by atoms with E-state index in [4.69, 9.17) is 5.26 Å². The summed E-state index contributed by atoms with van der Waals surface area (Å²) >= 11 is 3.49. The highest BCUT2D eigenvalue weighted by Crippen LogP contribution is 2.30. The quantitative estimate of drug-likeness (QED) is 0.774. The molecule has 2 rings (SSSR count). The van der Waals surface area contributed by atoms with E-state index in [9.17, 15) is 0 Å². The molecule has 0 aliphatic rings. The van der Waals surface area contributed by atoms with Gasteiger partial charge in [-0.25, -0.2) is 0 Å². The highest BCUT2D eigenvalue weighted by molar-refractivity contribution is 9.10. The third-order valence-electron chi connectivity index (χ3n) is 2.24. The third kappa shape index (κ3) is 1.81. The van der Waals surface area contributed by atoms with Crippen LogP contribution in [0.5, 0.6) is 0 Å². The summed E-state index contributed by atoms with van der Waals surface area (Å²) in [5.74, 6) is 0. The Bertz CT molecular complexity index is 535. The number of hydrogen-bond acceptors (Lipinski definition) is 1. The van der Waals surface area contributed by atoms with E-state index in [1.165, 1.54) is 0 Å². The Balaban J connectivity index is 2.65. The lowest BCUT2D eigenvalue weighted by molar-refractivity contribution is 0.927. The zero-order chi connectivity index (χ0) is 10.8. The Morgan fingerprint density at radius 3 is 2.60 bits per heavy atom. The fourth-order valence-electron chi connectivity index (χ4n) is 1.57. The van der Waals surface area contributed by atoms with E-state index in [0.29, 0.717) is 5.56 Å². The highest BCUT2D eigenvalue weighted by atomic mass is 79.9. The van der Waals surface area contributed by atoms with E-state index in [2.05, 4.69) is 22.0 Å². The minimum Gasteiger partial charge on any atom is -0.355 e. The molecule has 1 heterocycles. The molecule has 1 aromatic carbocycles. The number of hydrogen-bond donors (Lipinski definition) is 0. The number of aromatic nitrogens is 1. The Kier molecular flexibility index (Phi) is 2.61. The SMILES string of the molecule is Cn1cc(C#N)c(-c2ccccc2Br)c1. The van der Waals surface area contributed by atoms with Crippen LogP contribution < -0.4 is 0 Å². The summed E-state index contributed by atoms with van der Waals surface area (Å²) in [6.45, 7) is 0. The first-order chi connectivity index (χ1) is 7.22. The molecule has 0 unspecified atom stereocenters. The van der Waals surface area contributed by atoms with Gasteiger partial charge in [-0.05, 0) is 11.6 Å². The second-order valence-corrected chi connectivity index (χ2v) is 4.20. The molecule has 15 heavy (non-hydrogen) atoms. The smallest absolute Gasteiger partial charge is 0.101 e. The fraction of sp³-hybridized carbons (Fsp3) is 0.0833. The van der Waals surface area contributed by atoms with Crippen LogP contribution in [0.3, 0.4) is 0 Å². The molecule has 0 spiro atoms. The summed E-state index contributed by atoms with van der Waals surface area (Å²) in [6, 6.07) is 10.1. The molecule has 0 amide bonds. The van der Waals surface area contributed by atoms with E-state index in [0.717, 1.165) is 15.6 Å². The van der Waals surface area contributed by atoms with Crippen LogP contribution in [0.25, 0.3) is 11.1 Å². The topological polar surface area (TPSA) is 28.7 Å². The van der Waals surface area contributed by atoms with Crippen LogP contribution in [0.4, 0.5) is 0 Å². The maximum Gasteiger partial charge on any atom is 0.101 e. The van der Waals surface area contributed by atoms with Crippen molar-refractivity contribution >= 4 is 15.9 Å². The lowest BCUT2D eigenvalue weighted by atomic mass is 10.1. The summed E-state index contributed by atoms with van der Waals surface area (Å²) < 4.78 is 2.90. The molecular formula is C12H9BrN2. The average Bonchev–Trinajstić information content (AvgIpc) is 2.60. The van der Waals surface area contributed by atoms with Crippen molar-refractivity contribution in [2.45, 2.75) is 0 Å². The first-order valence-corrected chi connectivity index (χ1v) is 5.32. The van der Waals surface area contributed by atoms with Crippen LogP contribution >= 0.6 is 15.9 Å². The molecule has 0 aliphatic heterocycles. The summed E-state index contributed by atoms with van der Waals surface area (Å²) in [7, 11) is 1.92. The van der Waals surface area contributed by atoms with Crippen LogP contribution in [0.1, 0.15) is 5.56 Å². The predicted octanol–water partition coefficient (Wildman–Crippen LogP) is 3.33. The van der Waals surface area contributed by atoms with E-state index >= 15 is 0 Å². The minimum absolute atomic E-state index is 0.699. The van der Waals surface area contributed by atoms with Crippen LogP contribution in [-0.4, -0.2) is 4.57 Å². The molecule has 0 aliphatic carbocycles. The number of benzene rings is 1. The monoisotopic (exact) mass is 260 g/mol. The van der Waals surface area contributed by atoms with Gasteiger partial charge in [-0.1, -0.05) is 34.1 Å². The molecule has 0 atom stereocenters. The van der Waals surface area contributed by atoms with E-state index in [-0.39, 0.29) is 0 Å². The molecule has 0 saturated heterocycles. The largest absolute Gasteiger partial charge is 0.355 e. The average molecular weight is 261 g/mol. The van der Waals surface area contributed by atoms with Gasteiger partial charge in [0, 0.05) is 29.5 Å². The number of aryl methyl sites for hydroxylation is 1. The van der Waals surface area contributed by atoms with Crippen molar-refractivity contribution in [3.05, 3.63) is 46.7 Å². The van der Waals surface area contributed by atoms with Gasteiger partial charge in [0.1, 0.15) is 6.07 Å². The molecule has 0 saturated carbocycles. The van der Waals surface area contributed by atoms with Crippen molar-refractivity contribution in [1.82, 2.24) is 4.57 Å². The Morgan fingerprint density at radius 1 is 1.20 bits per heavy atom. The van der Waals surface area contributed by atoms with E-state index in [1.807, 2.05) is 48.3 Å². The minimum atomic E-state index is 0.699. The summed E-state index contributed by atoms with van der Waals surface area (Å²) in [6.07, 6.45) is 3.79. The number of rotatable bonds is 1. The predicted molar refractivity (Wildman–Crippen MR) is 63.3 cm³/mol. The third-order valence-corrected chi connectivity index (χ3v) is 2.93. The fourth-order valence-corrected chi connectivity index (χ4v) is 2.07. The van der Waals surface area contributed by atoms with Crippen LogP contribution in [-0.2, 0) is 7.05 Å². The molecule has 0 fully saturated rings. The van der Waals surface area contributed by atoms with Crippen molar-refractivity contribution in [2.24, 2.45) is 7.05 Å². The van der Waals surface area contributed by atoms with Crippen LogP contribution in [0, 0.1) is 11.3 Å². The molecule has 0 radical (unpaired) electrons. The summed E-state index contributed by atoms with van der Waals surface area (Å²) in [5.41, 5.74) is 2.71. The second-order valence-electron chi connectivity index (χ2n) is 3.34. The molecule has 2 aromatic rings. The first-order valence-electron chi connectivity index (χ1n) is 4.53. The Morgan fingerprint density at radius 2 is 1.93 bits per heavy atom. The van der Waals surface area contributed by atoms with Crippen molar-refractivity contribution in [3.63, 3.8) is 0 Å². The lowest BCUT2D eigenvalue weighted by Crippen LogP contribution is -1.80. The van der Waals surface area contributed by atoms with Crippen molar-refractivity contribution < 1.29 is 0 Å². The normalized spacial score (nSPS) is 9.93.